The van der Waals surface area contributed by atoms with Crippen LogP contribution >= 0.6 is 0 Å². The molecule has 1 aromatic heterocycles. The maximum absolute atomic E-state index is 5.52. The number of aromatic nitrogens is 1. The van der Waals surface area contributed by atoms with Gasteiger partial charge in [0.05, 0.1) is 12.2 Å². The summed E-state index contributed by atoms with van der Waals surface area (Å²) in [6, 6.07) is 2.66. The van der Waals surface area contributed by atoms with Gasteiger partial charge in [-0.1, -0.05) is 30.8 Å². The topological polar surface area (TPSA) is 55.3 Å². The molecule has 1 aliphatic carbocycles. The SMILES string of the molecule is CN(Cc1cc(CN)no1)C1CCCCCC1. The summed E-state index contributed by atoms with van der Waals surface area (Å²) in [6.45, 7) is 1.30. The highest BCUT2D eigenvalue weighted by molar-refractivity contribution is 5.04. The van der Waals surface area contributed by atoms with E-state index in [-0.39, 0.29) is 0 Å². The fourth-order valence-electron chi connectivity index (χ4n) is 2.60. The molecule has 1 saturated carbocycles. The first-order valence-electron chi connectivity index (χ1n) is 6.64. The first-order chi connectivity index (χ1) is 8.29. The van der Waals surface area contributed by atoms with Crippen molar-refractivity contribution in [1.29, 1.82) is 0 Å². The van der Waals surface area contributed by atoms with Crippen LogP contribution in [0.4, 0.5) is 0 Å². The molecule has 0 bridgehead atoms. The van der Waals surface area contributed by atoms with E-state index in [1.165, 1.54) is 38.5 Å². The number of hydrogen-bond donors (Lipinski definition) is 1. The van der Waals surface area contributed by atoms with Crippen LogP contribution in [0.3, 0.4) is 0 Å². The van der Waals surface area contributed by atoms with Crippen molar-refractivity contribution < 1.29 is 4.52 Å². The van der Waals surface area contributed by atoms with Gasteiger partial charge in [0, 0.05) is 18.7 Å². The average molecular weight is 237 g/mol. The normalized spacial score (nSPS) is 18.5. The molecule has 2 rings (SSSR count). The van der Waals surface area contributed by atoms with Crippen molar-refractivity contribution in [3.8, 4) is 0 Å². The Kier molecular flexibility index (Phi) is 4.57. The van der Waals surface area contributed by atoms with Gasteiger partial charge in [-0.2, -0.15) is 0 Å². The van der Waals surface area contributed by atoms with Gasteiger partial charge < -0.3 is 10.3 Å². The van der Waals surface area contributed by atoms with Crippen LogP contribution in [0, 0.1) is 0 Å². The maximum Gasteiger partial charge on any atom is 0.151 e. The van der Waals surface area contributed by atoms with Gasteiger partial charge in [-0.15, -0.1) is 0 Å². The van der Waals surface area contributed by atoms with Crippen LogP contribution in [-0.2, 0) is 13.1 Å². The summed E-state index contributed by atoms with van der Waals surface area (Å²) in [6.07, 6.45) is 8.13. The molecule has 0 saturated heterocycles. The Balaban J connectivity index is 1.88. The Morgan fingerprint density at radius 1 is 1.35 bits per heavy atom. The van der Waals surface area contributed by atoms with E-state index in [0.717, 1.165) is 18.0 Å². The molecule has 0 aromatic carbocycles. The molecular weight excluding hydrogens is 214 g/mol. The van der Waals surface area contributed by atoms with Gasteiger partial charge in [-0.3, -0.25) is 4.90 Å². The summed E-state index contributed by atoms with van der Waals surface area (Å²) in [7, 11) is 2.18. The van der Waals surface area contributed by atoms with Crippen LogP contribution < -0.4 is 5.73 Å². The molecule has 1 aromatic rings. The minimum absolute atomic E-state index is 0.455. The lowest BCUT2D eigenvalue weighted by atomic mass is 10.1. The molecule has 4 nitrogen and oxygen atoms in total. The molecule has 0 atom stereocenters. The Hall–Kier alpha value is -0.870. The maximum atomic E-state index is 5.52. The van der Waals surface area contributed by atoms with Crippen molar-refractivity contribution in [1.82, 2.24) is 10.1 Å². The van der Waals surface area contributed by atoms with Crippen molar-refractivity contribution in [2.75, 3.05) is 7.05 Å². The molecule has 0 radical (unpaired) electrons. The molecule has 0 amide bonds. The monoisotopic (exact) mass is 237 g/mol. The summed E-state index contributed by atoms with van der Waals surface area (Å²) < 4.78 is 5.28. The lowest BCUT2D eigenvalue weighted by Gasteiger charge is -2.25. The fourth-order valence-corrected chi connectivity index (χ4v) is 2.60. The lowest BCUT2D eigenvalue weighted by molar-refractivity contribution is 0.190. The predicted molar refractivity (Wildman–Crippen MR) is 67.4 cm³/mol. The second kappa shape index (κ2) is 6.17. The molecule has 0 spiro atoms. The Labute approximate surface area is 103 Å². The van der Waals surface area contributed by atoms with Gasteiger partial charge >= 0.3 is 0 Å². The van der Waals surface area contributed by atoms with Gasteiger partial charge in [0.1, 0.15) is 0 Å². The molecule has 1 aliphatic rings. The highest BCUT2D eigenvalue weighted by Gasteiger charge is 2.18. The Morgan fingerprint density at radius 3 is 2.65 bits per heavy atom. The van der Waals surface area contributed by atoms with Gasteiger partial charge in [0.15, 0.2) is 5.76 Å². The van der Waals surface area contributed by atoms with Crippen LogP contribution in [0.5, 0.6) is 0 Å². The van der Waals surface area contributed by atoms with Gasteiger partial charge in [-0.25, -0.2) is 0 Å². The quantitative estimate of drug-likeness (QED) is 0.816. The lowest BCUT2D eigenvalue weighted by Crippen LogP contribution is -2.30. The van der Waals surface area contributed by atoms with Gasteiger partial charge in [-0.05, 0) is 19.9 Å². The average Bonchev–Trinajstić information content (AvgIpc) is 2.62. The summed E-state index contributed by atoms with van der Waals surface area (Å²) >= 11 is 0. The molecule has 1 fully saturated rings. The number of nitrogens with zero attached hydrogens (tertiary/aromatic N) is 2. The second-order valence-electron chi connectivity index (χ2n) is 5.05. The zero-order valence-electron chi connectivity index (χ0n) is 10.7. The Bertz CT molecular complexity index is 329. The van der Waals surface area contributed by atoms with E-state index in [1.807, 2.05) is 6.07 Å². The molecular formula is C13H23N3O. The minimum atomic E-state index is 0.455. The molecule has 4 heteroatoms. The highest BCUT2D eigenvalue weighted by Crippen LogP contribution is 2.22. The summed E-state index contributed by atoms with van der Waals surface area (Å²) in [4.78, 5) is 2.39. The number of nitrogens with two attached hydrogens (primary N) is 1. The van der Waals surface area contributed by atoms with E-state index < -0.39 is 0 Å². The molecule has 0 aliphatic heterocycles. The molecule has 17 heavy (non-hydrogen) atoms. The first kappa shape index (κ1) is 12.6. The molecule has 1 heterocycles. The van der Waals surface area contributed by atoms with E-state index in [9.17, 15) is 0 Å². The third-order valence-corrected chi connectivity index (χ3v) is 3.67. The molecule has 96 valence electrons. The third kappa shape index (κ3) is 3.54. The summed E-state index contributed by atoms with van der Waals surface area (Å²) in [5.41, 5.74) is 6.36. The van der Waals surface area contributed by atoms with Crippen molar-refractivity contribution in [2.24, 2.45) is 5.73 Å². The van der Waals surface area contributed by atoms with Crippen molar-refractivity contribution in [3.05, 3.63) is 17.5 Å². The molecule has 2 N–H and O–H groups in total. The second-order valence-corrected chi connectivity index (χ2v) is 5.05. The highest BCUT2D eigenvalue weighted by atomic mass is 16.5. The largest absolute Gasteiger partial charge is 0.360 e. The predicted octanol–water partition coefficient (Wildman–Crippen LogP) is 2.29. The standard InChI is InChI=1S/C13H23N3O/c1-16(12-6-4-2-3-5-7-12)10-13-8-11(9-14)15-17-13/h8,12H,2-7,9-10,14H2,1H3. The van der Waals surface area contributed by atoms with Crippen molar-refractivity contribution in [2.45, 2.75) is 57.7 Å². The van der Waals surface area contributed by atoms with E-state index in [4.69, 9.17) is 10.3 Å². The summed E-state index contributed by atoms with van der Waals surface area (Å²) in [5, 5.41) is 3.92. The summed E-state index contributed by atoms with van der Waals surface area (Å²) in [5.74, 6) is 0.928. The Morgan fingerprint density at radius 2 is 2.06 bits per heavy atom. The zero-order valence-corrected chi connectivity index (χ0v) is 10.7. The van der Waals surface area contributed by atoms with Gasteiger partial charge in [0.2, 0.25) is 0 Å². The number of hydrogen-bond acceptors (Lipinski definition) is 4. The zero-order chi connectivity index (χ0) is 12.1. The van der Waals surface area contributed by atoms with Crippen LogP contribution in [0.15, 0.2) is 10.6 Å². The first-order valence-corrected chi connectivity index (χ1v) is 6.64. The van der Waals surface area contributed by atoms with Crippen molar-refractivity contribution >= 4 is 0 Å². The smallest absolute Gasteiger partial charge is 0.151 e. The fraction of sp³-hybridized carbons (Fsp3) is 0.769. The minimum Gasteiger partial charge on any atom is -0.360 e. The van der Waals surface area contributed by atoms with E-state index in [1.54, 1.807) is 0 Å². The third-order valence-electron chi connectivity index (χ3n) is 3.67. The van der Waals surface area contributed by atoms with E-state index in [0.29, 0.717) is 12.6 Å². The van der Waals surface area contributed by atoms with Gasteiger partial charge in [0.25, 0.3) is 0 Å². The van der Waals surface area contributed by atoms with E-state index >= 15 is 0 Å². The van der Waals surface area contributed by atoms with Crippen molar-refractivity contribution in [3.63, 3.8) is 0 Å². The van der Waals surface area contributed by atoms with Crippen LogP contribution in [0.2, 0.25) is 0 Å². The number of rotatable bonds is 4. The van der Waals surface area contributed by atoms with E-state index in [2.05, 4.69) is 17.1 Å². The van der Waals surface area contributed by atoms with Crippen LogP contribution in [0.25, 0.3) is 0 Å². The van der Waals surface area contributed by atoms with Crippen LogP contribution in [0.1, 0.15) is 50.0 Å². The van der Waals surface area contributed by atoms with Crippen LogP contribution in [-0.4, -0.2) is 23.1 Å². The molecule has 0 unspecified atom stereocenters.